The molecule has 2 aliphatic heterocycles. The Morgan fingerprint density at radius 2 is 2.15 bits per heavy atom. The molecule has 0 bridgehead atoms. The number of hydrogen-bond acceptors (Lipinski definition) is 3. The van der Waals surface area contributed by atoms with Crippen LogP contribution >= 0.6 is 0 Å². The second-order valence-electron chi connectivity index (χ2n) is 5.96. The molecule has 0 saturated carbocycles. The molecule has 0 aliphatic carbocycles. The van der Waals surface area contributed by atoms with E-state index in [9.17, 15) is 9.59 Å². The number of carbonyl (C=O) groups is 2. The Morgan fingerprint density at radius 1 is 1.40 bits per heavy atom. The zero-order chi connectivity index (χ0) is 14.5. The van der Waals surface area contributed by atoms with E-state index in [1.165, 1.54) is 0 Å². The minimum atomic E-state index is -0.00812. The van der Waals surface area contributed by atoms with Gasteiger partial charge in [0.15, 0.2) is 0 Å². The Hall–Kier alpha value is -1.10. The molecule has 2 rings (SSSR count). The first-order valence-corrected chi connectivity index (χ1v) is 7.95. The van der Waals surface area contributed by atoms with E-state index in [0.717, 1.165) is 38.8 Å². The molecule has 2 amide bonds. The van der Waals surface area contributed by atoms with Gasteiger partial charge in [0.1, 0.15) is 0 Å². The number of piperidine rings is 2. The van der Waals surface area contributed by atoms with Gasteiger partial charge < -0.3 is 15.5 Å². The Balaban J connectivity index is 1.94. The van der Waals surface area contributed by atoms with E-state index < -0.39 is 0 Å². The largest absolute Gasteiger partial charge is 0.352 e. The lowest BCUT2D eigenvalue weighted by Gasteiger charge is -2.43. The lowest BCUT2D eigenvalue weighted by molar-refractivity contribution is -0.144. The van der Waals surface area contributed by atoms with E-state index in [0.29, 0.717) is 12.3 Å². The third-order valence-corrected chi connectivity index (χ3v) is 4.68. The van der Waals surface area contributed by atoms with E-state index in [4.69, 9.17) is 0 Å². The molecule has 0 aromatic heterocycles. The zero-order valence-corrected chi connectivity index (χ0v) is 12.7. The molecule has 2 heterocycles. The van der Waals surface area contributed by atoms with Gasteiger partial charge in [0.05, 0.1) is 6.54 Å². The number of carbonyl (C=O) groups excluding carboxylic acids is 2. The molecule has 2 aliphatic rings. The SMILES string of the molecule is CCC(CC)NC(=O)CN1C(=O)CCC2CNCCC21. The van der Waals surface area contributed by atoms with Gasteiger partial charge in [-0.1, -0.05) is 13.8 Å². The average molecular weight is 281 g/mol. The molecule has 20 heavy (non-hydrogen) atoms. The van der Waals surface area contributed by atoms with Crippen LogP contribution in [0.25, 0.3) is 0 Å². The van der Waals surface area contributed by atoms with Crippen molar-refractivity contribution in [2.75, 3.05) is 19.6 Å². The summed E-state index contributed by atoms with van der Waals surface area (Å²) in [5.41, 5.74) is 0. The minimum Gasteiger partial charge on any atom is -0.352 e. The van der Waals surface area contributed by atoms with E-state index in [1.807, 2.05) is 4.90 Å². The van der Waals surface area contributed by atoms with Gasteiger partial charge >= 0.3 is 0 Å². The number of nitrogens with zero attached hydrogens (tertiary/aromatic N) is 1. The van der Waals surface area contributed by atoms with Crippen LogP contribution in [-0.2, 0) is 9.59 Å². The molecule has 2 N–H and O–H groups in total. The first kappa shape index (κ1) is 15.3. The fraction of sp³-hybridized carbons (Fsp3) is 0.867. The highest BCUT2D eigenvalue weighted by Crippen LogP contribution is 2.28. The summed E-state index contributed by atoms with van der Waals surface area (Å²) in [6, 6.07) is 0.483. The number of likely N-dealkylation sites (tertiary alicyclic amines) is 1. The highest BCUT2D eigenvalue weighted by molar-refractivity contribution is 5.85. The van der Waals surface area contributed by atoms with Crippen LogP contribution in [0.5, 0.6) is 0 Å². The Labute approximate surface area is 121 Å². The monoisotopic (exact) mass is 281 g/mol. The van der Waals surface area contributed by atoms with Crippen molar-refractivity contribution in [2.24, 2.45) is 5.92 Å². The summed E-state index contributed by atoms with van der Waals surface area (Å²) in [4.78, 5) is 26.1. The van der Waals surface area contributed by atoms with Gasteiger partial charge in [0, 0.05) is 18.5 Å². The van der Waals surface area contributed by atoms with Crippen molar-refractivity contribution in [3.8, 4) is 0 Å². The summed E-state index contributed by atoms with van der Waals surface area (Å²) < 4.78 is 0. The molecule has 114 valence electrons. The smallest absolute Gasteiger partial charge is 0.239 e. The van der Waals surface area contributed by atoms with Gasteiger partial charge in [-0.05, 0) is 44.7 Å². The molecule has 0 spiro atoms. The molecule has 2 saturated heterocycles. The van der Waals surface area contributed by atoms with E-state index in [2.05, 4.69) is 24.5 Å². The molecule has 5 nitrogen and oxygen atoms in total. The van der Waals surface area contributed by atoms with Gasteiger partial charge in [0.25, 0.3) is 0 Å². The molecule has 5 heteroatoms. The van der Waals surface area contributed by atoms with Crippen molar-refractivity contribution in [3.05, 3.63) is 0 Å². The van der Waals surface area contributed by atoms with Gasteiger partial charge in [-0.25, -0.2) is 0 Å². The van der Waals surface area contributed by atoms with E-state index >= 15 is 0 Å². The van der Waals surface area contributed by atoms with Crippen molar-refractivity contribution >= 4 is 11.8 Å². The lowest BCUT2D eigenvalue weighted by atomic mass is 9.84. The highest BCUT2D eigenvalue weighted by Gasteiger charge is 2.37. The van der Waals surface area contributed by atoms with Crippen LogP contribution in [0, 0.1) is 5.92 Å². The first-order chi connectivity index (χ1) is 9.65. The number of hydrogen-bond donors (Lipinski definition) is 2. The summed E-state index contributed by atoms with van der Waals surface area (Å²) >= 11 is 0. The fourth-order valence-electron chi connectivity index (χ4n) is 3.38. The van der Waals surface area contributed by atoms with Crippen LogP contribution in [0.15, 0.2) is 0 Å². The summed E-state index contributed by atoms with van der Waals surface area (Å²) in [5.74, 6) is 0.654. The third kappa shape index (κ3) is 3.51. The molecule has 0 aromatic carbocycles. The minimum absolute atomic E-state index is 0.00812. The van der Waals surface area contributed by atoms with Gasteiger partial charge in [0.2, 0.25) is 11.8 Å². The van der Waals surface area contributed by atoms with Crippen LogP contribution in [0.3, 0.4) is 0 Å². The van der Waals surface area contributed by atoms with Crippen LogP contribution < -0.4 is 10.6 Å². The maximum Gasteiger partial charge on any atom is 0.239 e. The molecular weight excluding hydrogens is 254 g/mol. The average Bonchev–Trinajstić information content (AvgIpc) is 2.47. The molecule has 2 fully saturated rings. The Morgan fingerprint density at radius 3 is 2.85 bits per heavy atom. The molecule has 2 atom stereocenters. The van der Waals surface area contributed by atoms with Gasteiger partial charge in [-0.15, -0.1) is 0 Å². The Bertz CT molecular complexity index is 355. The summed E-state index contributed by atoms with van der Waals surface area (Å²) in [6.07, 6.45) is 4.38. The number of nitrogens with one attached hydrogen (secondary N) is 2. The summed E-state index contributed by atoms with van der Waals surface area (Å²) in [6.45, 7) is 6.30. The van der Waals surface area contributed by atoms with Crippen LogP contribution in [0.1, 0.15) is 46.0 Å². The zero-order valence-electron chi connectivity index (χ0n) is 12.7. The molecular formula is C15H27N3O2. The maximum atomic E-state index is 12.1. The normalized spacial score (nSPS) is 26.6. The van der Waals surface area contributed by atoms with Crippen molar-refractivity contribution in [1.82, 2.24) is 15.5 Å². The van der Waals surface area contributed by atoms with Crippen molar-refractivity contribution in [3.63, 3.8) is 0 Å². The first-order valence-electron chi connectivity index (χ1n) is 7.95. The standard InChI is InChI=1S/C15H27N3O2/c1-3-12(4-2)17-14(19)10-18-13-7-8-16-9-11(13)5-6-15(18)20/h11-13,16H,3-10H2,1-2H3,(H,17,19). The second kappa shape index (κ2) is 7.07. The van der Waals surface area contributed by atoms with E-state index in [1.54, 1.807) is 0 Å². The lowest BCUT2D eigenvalue weighted by Crippen LogP contribution is -2.57. The highest BCUT2D eigenvalue weighted by atomic mass is 16.2. The van der Waals surface area contributed by atoms with Gasteiger partial charge in [-0.2, -0.15) is 0 Å². The number of amides is 2. The second-order valence-corrected chi connectivity index (χ2v) is 5.96. The summed E-state index contributed by atoms with van der Waals surface area (Å²) in [5, 5.41) is 6.42. The topological polar surface area (TPSA) is 61.4 Å². The Kier molecular flexibility index (Phi) is 5.40. The summed E-state index contributed by atoms with van der Waals surface area (Å²) in [7, 11) is 0. The van der Waals surface area contributed by atoms with Crippen molar-refractivity contribution < 1.29 is 9.59 Å². The number of rotatable bonds is 5. The quantitative estimate of drug-likeness (QED) is 0.787. The van der Waals surface area contributed by atoms with Gasteiger partial charge in [-0.3, -0.25) is 9.59 Å². The van der Waals surface area contributed by atoms with Crippen LogP contribution in [-0.4, -0.2) is 48.4 Å². The third-order valence-electron chi connectivity index (χ3n) is 4.68. The predicted molar refractivity (Wildman–Crippen MR) is 78.2 cm³/mol. The van der Waals surface area contributed by atoms with Crippen molar-refractivity contribution in [2.45, 2.75) is 58.0 Å². The number of fused-ring (bicyclic) bond motifs is 1. The maximum absolute atomic E-state index is 12.1. The van der Waals surface area contributed by atoms with Crippen LogP contribution in [0.4, 0.5) is 0 Å². The van der Waals surface area contributed by atoms with E-state index in [-0.39, 0.29) is 30.4 Å². The fourth-order valence-corrected chi connectivity index (χ4v) is 3.38. The molecule has 0 radical (unpaired) electrons. The van der Waals surface area contributed by atoms with Crippen molar-refractivity contribution in [1.29, 1.82) is 0 Å². The molecule has 2 unspecified atom stereocenters. The van der Waals surface area contributed by atoms with Crippen LogP contribution in [0.2, 0.25) is 0 Å². The predicted octanol–water partition coefficient (Wildman–Crippen LogP) is 0.892. The molecule has 0 aromatic rings.